The molecule has 0 radical (unpaired) electrons. The molecule has 2 aromatic rings. The molecule has 0 spiro atoms. The summed E-state index contributed by atoms with van der Waals surface area (Å²) in [4.78, 5) is 12.1. The second-order valence-corrected chi connectivity index (χ2v) is 4.79. The topological polar surface area (TPSA) is 47.6 Å². The normalized spacial score (nSPS) is 11.6. The Labute approximate surface area is 124 Å². The molecule has 0 bridgehead atoms. The Morgan fingerprint density at radius 1 is 1.10 bits per heavy atom. The molecule has 1 N–H and O–H groups in total. The summed E-state index contributed by atoms with van der Waals surface area (Å²) in [5.74, 6) is 1.16. The van der Waals surface area contributed by atoms with Crippen molar-refractivity contribution in [2.24, 2.45) is 0 Å². The number of ether oxygens (including phenoxy) is 2. The average molecular weight is 285 g/mol. The summed E-state index contributed by atoms with van der Waals surface area (Å²) in [6.45, 7) is 3.72. The Morgan fingerprint density at radius 3 is 2.48 bits per heavy atom. The minimum absolute atomic E-state index is 0.205. The molecule has 0 saturated carbocycles. The number of anilines is 1. The number of benzene rings is 2. The van der Waals surface area contributed by atoms with Gasteiger partial charge in [-0.2, -0.15) is 0 Å². The van der Waals surface area contributed by atoms with Gasteiger partial charge in [0.15, 0.2) is 6.10 Å². The molecule has 0 heterocycles. The lowest BCUT2D eigenvalue weighted by atomic mass is 10.2. The van der Waals surface area contributed by atoms with Crippen LogP contribution in [0.15, 0.2) is 48.5 Å². The number of rotatable bonds is 5. The van der Waals surface area contributed by atoms with Gasteiger partial charge in [-0.3, -0.25) is 4.79 Å². The average Bonchev–Trinajstić information content (AvgIpc) is 2.49. The van der Waals surface area contributed by atoms with Gasteiger partial charge < -0.3 is 14.8 Å². The van der Waals surface area contributed by atoms with Gasteiger partial charge in [0.05, 0.1) is 7.11 Å². The van der Waals surface area contributed by atoms with Crippen LogP contribution in [0.25, 0.3) is 0 Å². The first-order chi connectivity index (χ1) is 10.1. The van der Waals surface area contributed by atoms with Crippen LogP contribution in [-0.4, -0.2) is 19.1 Å². The monoisotopic (exact) mass is 285 g/mol. The number of carbonyl (C=O) groups is 1. The van der Waals surface area contributed by atoms with E-state index in [0.717, 1.165) is 5.56 Å². The predicted molar refractivity (Wildman–Crippen MR) is 82.9 cm³/mol. The molecule has 110 valence electrons. The number of methoxy groups -OCH3 is 1. The highest BCUT2D eigenvalue weighted by Crippen LogP contribution is 2.18. The first-order valence-corrected chi connectivity index (χ1v) is 6.77. The molecule has 1 amide bonds. The zero-order chi connectivity index (χ0) is 15.2. The van der Waals surface area contributed by atoms with Crippen LogP contribution in [0.1, 0.15) is 12.5 Å². The van der Waals surface area contributed by atoms with Crippen LogP contribution in [0.3, 0.4) is 0 Å². The lowest BCUT2D eigenvalue weighted by molar-refractivity contribution is -0.122. The van der Waals surface area contributed by atoms with Crippen molar-refractivity contribution in [1.29, 1.82) is 0 Å². The number of aryl methyl sites for hydroxylation is 1. The predicted octanol–water partition coefficient (Wildman–Crippen LogP) is 3.41. The quantitative estimate of drug-likeness (QED) is 0.915. The second-order valence-electron chi connectivity index (χ2n) is 4.79. The molecule has 0 saturated heterocycles. The van der Waals surface area contributed by atoms with Gasteiger partial charge in [-0.1, -0.05) is 23.8 Å². The number of hydrogen-bond acceptors (Lipinski definition) is 3. The molecule has 0 aliphatic carbocycles. The Bertz CT molecular complexity index is 608. The fraction of sp³-hybridized carbons (Fsp3) is 0.235. The molecule has 0 aliphatic rings. The minimum Gasteiger partial charge on any atom is -0.497 e. The maximum atomic E-state index is 12.1. The maximum absolute atomic E-state index is 12.1. The van der Waals surface area contributed by atoms with Crippen LogP contribution in [0, 0.1) is 6.92 Å². The van der Waals surface area contributed by atoms with Crippen LogP contribution in [0.5, 0.6) is 11.5 Å². The van der Waals surface area contributed by atoms with Gasteiger partial charge in [-0.05, 0) is 38.1 Å². The van der Waals surface area contributed by atoms with Gasteiger partial charge in [-0.25, -0.2) is 0 Å². The molecule has 4 heteroatoms. The van der Waals surface area contributed by atoms with E-state index in [2.05, 4.69) is 5.32 Å². The highest BCUT2D eigenvalue weighted by molar-refractivity contribution is 5.94. The zero-order valence-corrected chi connectivity index (χ0v) is 12.4. The molecule has 1 atom stereocenters. The minimum atomic E-state index is -0.584. The summed E-state index contributed by atoms with van der Waals surface area (Å²) >= 11 is 0. The second kappa shape index (κ2) is 6.79. The van der Waals surface area contributed by atoms with Crippen LogP contribution < -0.4 is 14.8 Å². The third kappa shape index (κ3) is 4.24. The lowest BCUT2D eigenvalue weighted by Gasteiger charge is -2.15. The summed E-state index contributed by atoms with van der Waals surface area (Å²) in [5, 5.41) is 2.80. The summed E-state index contributed by atoms with van der Waals surface area (Å²) in [7, 11) is 1.59. The first kappa shape index (κ1) is 14.9. The van der Waals surface area contributed by atoms with Crippen molar-refractivity contribution in [3.8, 4) is 11.5 Å². The molecule has 0 fully saturated rings. The van der Waals surface area contributed by atoms with E-state index in [1.54, 1.807) is 26.2 Å². The Balaban J connectivity index is 1.97. The Morgan fingerprint density at radius 2 is 1.81 bits per heavy atom. The number of carbonyl (C=O) groups excluding carboxylic acids is 1. The SMILES string of the molecule is COc1cccc(NC(=O)C(C)Oc2ccc(C)cc2)c1. The summed E-state index contributed by atoms with van der Waals surface area (Å²) in [5.41, 5.74) is 1.83. The third-order valence-corrected chi connectivity index (χ3v) is 3.04. The Kier molecular flexibility index (Phi) is 4.82. The maximum Gasteiger partial charge on any atom is 0.265 e. The van der Waals surface area contributed by atoms with Gasteiger partial charge in [0.1, 0.15) is 11.5 Å². The number of amides is 1. The standard InChI is InChI=1S/C17H19NO3/c1-12-7-9-15(10-8-12)21-13(2)17(19)18-14-5-4-6-16(11-14)20-3/h4-11,13H,1-3H3,(H,18,19). The van der Waals surface area contributed by atoms with Crippen molar-refractivity contribution >= 4 is 11.6 Å². The van der Waals surface area contributed by atoms with Crippen LogP contribution in [0.4, 0.5) is 5.69 Å². The zero-order valence-electron chi connectivity index (χ0n) is 12.4. The summed E-state index contributed by atoms with van der Waals surface area (Å²) in [6.07, 6.45) is -0.584. The molecular weight excluding hydrogens is 266 g/mol. The number of hydrogen-bond donors (Lipinski definition) is 1. The van der Waals surface area contributed by atoms with E-state index in [9.17, 15) is 4.79 Å². The fourth-order valence-electron chi connectivity index (χ4n) is 1.82. The van der Waals surface area contributed by atoms with Gasteiger partial charge >= 0.3 is 0 Å². The van der Waals surface area contributed by atoms with Crippen molar-refractivity contribution in [3.63, 3.8) is 0 Å². The van der Waals surface area contributed by atoms with E-state index < -0.39 is 6.10 Å². The highest BCUT2D eigenvalue weighted by atomic mass is 16.5. The van der Waals surface area contributed by atoms with Crippen molar-refractivity contribution in [3.05, 3.63) is 54.1 Å². The fourth-order valence-corrected chi connectivity index (χ4v) is 1.82. The largest absolute Gasteiger partial charge is 0.497 e. The first-order valence-electron chi connectivity index (χ1n) is 6.77. The van der Waals surface area contributed by atoms with E-state index in [4.69, 9.17) is 9.47 Å². The summed E-state index contributed by atoms with van der Waals surface area (Å²) < 4.78 is 10.7. The summed E-state index contributed by atoms with van der Waals surface area (Å²) in [6, 6.07) is 14.8. The van der Waals surface area contributed by atoms with Gasteiger partial charge in [0.2, 0.25) is 0 Å². The van der Waals surface area contributed by atoms with Crippen molar-refractivity contribution in [2.75, 3.05) is 12.4 Å². The highest BCUT2D eigenvalue weighted by Gasteiger charge is 2.15. The molecule has 0 aliphatic heterocycles. The molecule has 4 nitrogen and oxygen atoms in total. The molecule has 1 unspecified atom stereocenters. The van der Waals surface area contributed by atoms with E-state index >= 15 is 0 Å². The lowest BCUT2D eigenvalue weighted by Crippen LogP contribution is -2.30. The smallest absolute Gasteiger partial charge is 0.265 e. The van der Waals surface area contributed by atoms with E-state index in [1.807, 2.05) is 43.3 Å². The number of nitrogens with one attached hydrogen (secondary N) is 1. The molecular formula is C17H19NO3. The molecule has 2 rings (SSSR count). The van der Waals surface area contributed by atoms with Crippen LogP contribution in [-0.2, 0) is 4.79 Å². The van der Waals surface area contributed by atoms with Gasteiger partial charge in [-0.15, -0.1) is 0 Å². The van der Waals surface area contributed by atoms with Crippen molar-refractivity contribution in [1.82, 2.24) is 0 Å². The van der Waals surface area contributed by atoms with Gasteiger partial charge in [0.25, 0.3) is 5.91 Å². The Hall–Kier alpha value is -2.49. The van der Waals surface area contributed by atoms with Crippen LogP contribution in [0.2, 0.25) is 0 Å². The van der Waals surface area contributed by atoms with Crippen LogP contribution >= 0.6 is 0 Å². The van der Waals surface area contributed by atoms with Gasteiger partial charge in [0, 0.05) is 11.8 Å². The van der Waals surface area contributed by atoms with E-state index in [0.29, 0.717) is 17.2 Å². The van der Waals surface area contributed by atoms with E-state index in [1.165, 1.54) is 0 Å². The molecule has 0 aromatic heterocycles. The third-order valence-electron chi connectivity index (χ3n) is 3.04. The molecule has 21 heavy (non-hydrogen) atoms. The van der Waals surface area contributed by atoms with Crippen molar-refractivity contribution in [2.45, 2.75) is 20.0 Å². The van der Waals surface area contributed by atoms with E-state index in [-0.39, 0.29) is 5.91 Å². The van der Waals surface area contributed by atoms with Crippen molar-refractivity contribution < 1.29 is 14.3 Å². The molecule has 2 aromatic carbocycles.